The molecule has 0 aliphatic rings. The van der Waals surface area contributed by atoms with Crippen LogP contribution in [0.5, 0.6) is 0 Å². The topological polar surface area (TPSA) is 59.8 Å². The molecule has 0 bridgehead atoms. The summed E-state index contributed by atoms with van der Waals surface area (Å²) in [5.41, 5.74) is 1.69. The molecule has 0 spiro atoms. The number of nitrogens with one attached hydrogen (secondary N) is 1. The minimum atomic E-state index is -0.324. The molecule has 1 amide bonds. The number of aromatic nitrogens is 3. The van der Waals surface area contributed by atoms with E-state index in [2.05, 4.69) is 22.1 Å². The van der Waals surface area contributed by atoms with E-state index in [-0.39, 0.29) is 23.3 Å². The molecule has 2 aromatic carbocycles. The Labute approximate surface area is 171 Å². The number of benzene rings is 2. The zero-order valence-corrected chi connectivity index (χ0v) is 16.5. The van der Waals surface area contributed by atoms with Crippen LogP contribution in [-0.2, 0) is 17.8 Å². The Morgan fingerprint density at radius 2 is 1.72 bits per heavy atom. The molecule has 3 rings (SSSR count). The Morgan fingerprint density at radius 1 is 1.07 bits per heavy atom. The molecule has 5 nitrogen and oxygen atoms in total. The van der Waals surface area contributed by atoms with Crippen molar-refractivity contribution in [1.82, 2.24) is 20.1 Å². The summed E-state index contributed by atoms with van der Waals surface area (Å²) < 4.78 is 27.9. The highest BCUT2D eigenvalue weighted by molar-refractivity contribution is 7.99. The van der Waals surface area contributed by atoms with Gasteiger partial charge in [0, 0.05) is 18.7 Å². The largest absolute Gasteiger partial charge is 0.355 e. The molecular weight excluding hydrogens is 394 g/mol. The van der Waals surface area contributed by atoms with E-state index in [1.54, 1.807) is 30.3 Å². The second kappa shape index (κ2) is 9.97. The lowest BCUT2D eigenvalue weighted by atomic mass is 10.1. The molecule has 1 aromatic heterocycles. The fourth-order valence-electron chi connectivity index (χ4n) is 2.68. The minimum Gasteiger partial charge on any atom is -0.355 e. The van der Waals surface area contributed by atoms with Gasteiger partial charge in [-0.2, -0.15) is 0 Å². The molecular formula is C21H20F2N4OS. The second-order valence-electron chi connectivity index (χ2n) is 6.23. The van der Waals surface area contributed by atoms with Crippen LogP contribution in [0.25, 0.3) is 11.4 Å². The normalized spacial score (nSPS) is 10.7. The predicted octanol–water partition coefficient (Wildman–Crippen LogP) is 3.86. The number of carbonyl (C=O) groups excluding carboxylic acids is 1. The SMILES string of the molecule is C=CCn1c(SCC(=O)NCCc2ccc(F)cc2)nnc1-c1ccc(F)cc1. The molecule has 0 aliphatic carbocycles. The third-order valence-electron chi connectivity index (χ3n) is 4.11. The first-order valence-electron chi connectivity index (χ1n) is 9.01. The van der Waals surface area contributed by atoms with E-state index in [1.165, 1.54) is 36.0 Å². The first-order valence-corrected chi connectivity index (χ1v) is 9.99. The van der Waals surface area contributed by atoms with E-state index in [0.29, 0.717) is 30.5 Å². The molecule has 0 radical (unpaired) electrons. The molecule has 0 saturated carbocycles. The van der Waals surface area contributed by atoms with Crippen LogP contribution < -0.4 is 5.32 Å². The number of nitrogens with zero attached hydrogens (tertiary/aromatic N) is 3. The summed E-state index contributed by atoms with van der Waals surface area (Å²) >= 11 is 1.27. The summed E-state index contributed by atoms with van der Waals surface area (Å²) in [5.74, 6) is 0.0354. The Hall–Kier alpha value is -3.00. The van der Waals surface area contributed by atoms with Crippen molar-refractivity contribution in [3.8, 4) is 11.4 Å². The van der Waals surface area contributed by atoms with Crippen LogP contribution in [-0.4, -0.2) is 33.0 Å². The van der Waals surface area contributed by atoms with Crippen LogP contribution in [0.3, 0.4) is 0 Å². The summed E-state index contributed by atoms with van der Waals surface area (Å²) in [5, 5.41) is 11.8. The average Bonchev–Trinajstić information content (AvgIpc) is 3.11. The smallest absolute Gasteiger partial charge is 0.230 e. The van der Waals surface area contributed by atoms with Gasteiger partial charge in [-0.1, -0.05) is 30.0 Å². The highest BCUT2D eigenvalue weighted by Crippen LogP contribution is 2.24. The van der Waals surface area contributed by atoms with Crippen molar-refractivity contribution < 1.29 is 13.6 Å². The van der Waals surface area contributed by atoms with E-state index in [9.17, 15) is 13.6 Å². The Balaban J connectivity index is 1.56. The monoisotopic (exact) mass is 414 g/mol. The van der Waals surface area contributed by atoms with E-state index >= 15 is 0 Å². The van der Waals surface area contributed by atoms with Gasteiger partial charge in [-0.25, -0.2) is 8.78 Å². The lowest BCUT2D eigenvalue weighted by Crippen LogP contribution is -2.27. The van der Waals surface area contributed by atoms with Gasteiger partial charge >= 0.3 is 0 Å². The quantitative estimate of drug-likeness (QED) is 0.427. The molecule has 0 saturated heterocycles. The fourth-order valence-corrected chi connectivity index (χ4v) is 3.46. The lowest BCUT2D eigenvalue weighted by molar-refractivity contribution is -0.118. The van der Waals surface area contributed by atoms with E-state index < -0.39 is 0 Å². The highest BCUT2D eigenvalue weighted by atomic mass is 32.2. The average molecular weight is 414 g/mol. The van der Waals surface area contributed by atoms with E-state index in [1.807, 2.05) is 4.57 Å². The number of amides is 1. The maximum Gasteiger partial charge on any atom is 0.230 e. The number of hydrogen-bond acceptors (Lipinski definition) is 4. The van der Waals surface area contributed by atoms with Crippen molar-refractivity contribution >= 4 is 17.7 Å². The van der Waals surface area contributed by atoms with Gasteiger partial charge in [0.15, 0.2) is 11.0 Å². The van der Waals surface area contributed by atoms with Crippen LogP contribution in [0.1, 0.15) is 5.56 Å². The fraction of sp³-hybridized carbons (Fsp3) is 0.190. The van der Waals surface area contributed by atoms with Gasteiger partial charge in [0.25, 0.3) is 0 Å². The van der Waals surface area contributed by atoms with Gasteiger partial charge < -0.3 is 5.32 Å². The standard InChI is InChI=1S/C21H20F2N4OS/c1-2-13-27-20(16-5-9-18(23)10-6-16)25-26-21(27)29-14-19(28)24-12-11-15-3-7-17(22)8-4-15/h2-10H,1,11-14H2,(H,24,28). The summed E-state index contributed by atoms with van der Waals surface area (Å²) in [6.45, 7) is 4.68. The maximum absolute atomic E-state index is 13.2. The third kappa shape index (κ3) is 5.74. The maximum atomic E-state index is 13.2. The third-order valence-corrected chi connectivity index (χ3v) is 5.08. The van der Waals surface area contributed by atoms with E-state index in [0.717, 1.165) is 11.1 Å². The number of thioether (sulfide) groups is 1. The van der Waals surface area contributed by atoms with Crippen molar-refractivity contribution in [2.24, 2.45) is 0 Å². The number of carbonyl (C=O) groups is 1. The van der Waals surface area contributed by atoms with Gasteiger partial charge in [-0.15, -0.1) is 16.8 Å². The molecule has 1 N–H and O–H groups in total. The summed E-state index contributed by atoms with van der Waals surface area (Å²) in [4.78, 5) is 12.1. The van der Waals surface area contributed by atoms with Crippen molar-refractivity contribution in [2.75, 3.05) is 12.3 Å². The molecule has 0 unspecified atom stereocenters. The van der Waals surface area contributed by atoms with Crippen LogP contribution in [0.4, 0.5) is 8.78 Å². The van der Waals surface area contributed by atoms with Gasteiger partial charge in [-0.3, -0.25) is 9.36 Å². The van der Waals surface area contributed by atoms with Crippen molar-refractivity contribution in [2.45, 2.75) is 18.1 Å². The number of allylic oxidation sites excluding steroid dienone is 1. The molecule has 0 aliphatic heterocycles. The first kappa shape index (κ1) is 20.7. The summed E-state index contributed by atoms with van der Waals surface area (Å²) in [7, 11) is 0. The highest BCUT2D eigenvalue weighted by Gasteiger charge is 2.15. The molecule has 150 valence electrons. The number of hydrogen-bond donors (Lipinski definition) is 1. The van der Waals surface area contributed by atoms with E-state index in [4.69, 9.17) is 0 Å². The van der Waals surface area contributed by atoms with Gasteiger partial charge in [0.1, 0.15) is 11.6 Å². The Kier molecular flexibility index (Phi) is 7.13. The van der Waals surface area contributed by atoms with Crippen molar-refractivity contribution in [1.29, 1.82) is 0 Å². The zero-order chi connectivity index (χ0) is 20.6. The summed E-state index contributed by atoms with van der Waals surface area (Å²) in [6, 6.07) is 12.2. The molecule has 3 aromatic rings. The number of rotatable bonds is 9. The Bertz CT molecular complexity index is 971. The van der Waals surface area contributed by atoms with Gasteiger partial charge in [0.05, 0.1) is 5.75 Å². The van der Waals surface area contributed by atoms with Crippen LogP contribution >= 0.6 is 11.8 Å². The Morgan fingerprint density at radius 3 is 2.38 bits per heavy atom. The molecule has 8 heteroatoms. The van der Waals surface area contributed by atoms with Crippen molar-refractivity contribution in [3.05, 3.63) is 78.4 Å². The summed E-state index contributed by atoms with van der Waals surface area (Å²) in [6.07, 6.45) is 2.33. The van der Waals surface area contributed by atoms with Crippen LogP contribution in [0.2, 0.25) is 0 Å². The minimum absolute atomic E-state index is 0.131. The van der Waals surface area contributed by atoms with Crippen LogP contribution in [0, 0.1) is 11.6 Å². The molecule has 1 heterocycles. The first-order chi connectivity index (χ1) is 14.1. The second-order valence-corrected chi connectivity index (χ2v) is 7.17. The van der Waals surface area contributed by atoms with Gasteiger partial charge in [0.2, 0.25) is 5.91 Å². The van der Waals surface area contributed by atoms with Gasteiger partial charge in [-0.05, 0) is 48.4 Å². The zero-order valence-electron chi connectivity index (χ0n) is 15.6. The molecule has 0 fully saturated rings. The molecule has 0 atom stereocenters. The van der Waals surface area contributed by atoms with Crippen molar-refractivity contribution in [3.63, 3.8) is 0 Å². The van der Waals surface area contributed by atoms with Crippen LogP contribution in [0.15, 0.2) is 66.3 Å². The predicted molar refractivity (Wildman–Crippen MR) is 109 cm³/mol. The lowest BCUT2D eigenvalue weighted by Gasteiger charge is -2.08. The molecule has 29 heavy (non-hydrogen) atoms. The number of halogens is 2.